The molecule has 0 spiro atoms. The van der Waals surface area contributed by atoms with Crippen LogP contribution in [-0.2, 0) is 29.0 Å². The number of rotatable bonds is 6. The number of ketones is 1. The highest BCUT2D eigenvalue weighted by atomic mass is 79.9. The highest BCUT2D eigenvalue weighted by Crippen LogP contribution is 2.02. The van der Waals surface area contributed by atoms with Gasteiger partial charge in [-0.1, -0.05) is 21.1 Å². The van der Waals surface area contributed by atoms with Gasteiger partial charge < -0.3 is 9.57 Å². The second-order valence-corrected chi connectivity index (χ2v) is 5.87. The fourth-order valence-corrected chi connectivity index (χ4v) is 1.18. The van der Waals surface area contributed by atoms with Crippen molar-refractivity contribution in [3.63, 3.8) is 0 Å². The molecule has 0 aliphatic rings. The Bertz CT molecular complexity index is 429. The third-order valence-corrected chi connectivity index (χ3v) is 3.45. The molecule has 0 aromatic rings. The van der Waals surface area contributed by atoms with Crippen molar-refractivity contribution in [1.29, 1.82) is 0 Å². The molecule has 0 aromatic heterocycles. The van der Waals surface area contributed by atoms with Crippen molar-refractivity contribution < 1.29 is 27.6 Å². The number of nitrogens with zero attached hydrogens (tertiary/aromatic N) is 1. The Balaban J connectivity index is 4.90. The molecule has 0 fully saturated rings. The van der Waals surface area contributed by atoms with Crippen LogP contribution < -0.4 is 0 Å². The molecule has 0 aromatic carbocycles. The van der Waals surface area contributed by atoms with Crippen molar-refractivity contribution in [3.8, 4) is 0 Å². The van der Waals surface area contributed by atoms with Gasteiger partial charge in [-0.2, -0.15) is 0 Å². The molecule has 0 radical (unpaired) electrons. The molecule has 0 saturated heterocycles. The molecule has 0 aliphatic carbocycles. The maximum absolute atomic E-state index is 11.5. The summed E-state index contributed by atoms with van der Waals surface area (Å²) in [6.45, 7) is 1.18. The summed E-state index contributed by atoms with van der Waals surface area (Å²) in [4.78, 5) is 27.0. The number of carbonyl (C=O) groups excluding carboxylic acids is 2. The fraction of sp³-hybridized carbons (Fsp3) is 0.625. The highest BCUT2D eigenvalue weighted by molar-refractivity contribution is 9.09. The first-order chi connectivity index (χ1) is 7.73. The van der Waals surface area contributed by atoms with E-state index < -0.39 is 32.7 Å². The number of Topliss-reactive ketones (excluding diaryl/α,β-unsaturated/α-hetero) is 1. The third kappa shape index (κ3) is 5.26. The van der Waals surface area contributed by atoms with Gasteiger partial charge in [-0.3, -0.25) is 4.79 Å². The highest BCUT2D eigenvalue weighted by Gasteiger charge is 2.27. The average Bonchev–Trinajstić information content (AvgIpc) is 2.23. The smallest absolute Gasteiger partial charge is 0.365 e. The number of carbonyl (C=O) groups is 2. The van der Waals surface area contributed by atoms with E-state index in [1.165, 1.54) is 6.92 Å². The molecule has 0 bridgehead atoms. The molecule has 0 amide bonds. The SMILES string of the molecule is CON=C(C(=O)CBr)C(=O)OC(C)S(C)(=O)=O. The number of halogens is 1. The zero-order chi connectivity index (χ0) is 13.6. The molecule has 0 aliphatic heterocycles. The Morgan fingerprint density at radius 3 is 2.29 bits per heavy atom. The number of ether oxygens (including phenoxy) is 1. The first-order valence-corrected chi connectivity index (χ1v) is 7.41. The Morgan fingerprint density at radius 1 is 1.41 bits per heavy atom. The van der Waals surface area contributed by atoms with Crippen LogP contribution in [0.1, 0.15) is 6.92 Å². The van der Waals surface area contributed by atoms with Gasteiger partial charge in [-0.15, -0.1) is 0 Å². The second kappa shape index (κ2) is 6.70. The predicted molar refractivity (Wildman–Crippen MR) is 63.6 cm³/mol. The number of hydrogen-bond donors (Lipinski definition) is 0. The summed E-state index contributed by atoms with van der Waals surface area (Å²) >= 11 is 2.85. The first-order valence-electron chi connectivity index (χ1n) is 4.34. The molecule has 0 N–H and O–H groups in total. The summed E-state index contributed by atoms with van der Waals surface area (Å²) in [5.74, 6) is -1.81. The number of oxime groups is 1. The molecule has 98 valence electrons. The van der Waals surface area contributed by atoms with Crippen molar-refractivity contribution >= 4 is 43.2 Å². The summed E-state index contributed by atoms with van der Waals surface area (Å²) in [6.07, 6.45) is 0.907. The van der Waals surface area contributed by atoms with Gasteiger partial charge >= 0.3 is 5.97 Å². The summed E-state index contributed by atoms with van der Waals surface area (Å²) < 4.78 is 26.7. The zero-order valence-corrected chi connectivity index (χ0v) is 11.9. The Hall–Kier alpha value is -0.960. The Morgan fingerprint density at radius 2 is 1.94 bits per heavy atom. The first kappa shape index (κ1) is 16.0. The van der Waals surface area contributed by atoms with Crippen molar-refractivity contribution in [3.05, 3.63) is 0 Å². The quantitative estimate of drug-likeness (QED) is 0.221. The molecule has 7 nitrogen and oxygen atoms in total. The molecular formula is C8H12BrNO6S. The molecule has 17 heavy (non-hydrogen) atoms. The van der Waals surface area contributed by atoms with Gasteiger partial charge in [-0.25, -0.2) is 13.2 Å². The van der Waals surface area contributed by atoms with E-state index in [1.807, 2.05) is 0 Å². The van der Waals surface area contributed by atoms with Gasteiger partial charge in [0.25, 0.3) is 0 Å². The summed E-state index contributed by atoms with van der Waals surface area (Å²) in [6, 6.07) is 0. The van der Waals surface area contributed by atoms with E-state index in [0.29, 0.717) is 0 Å². The average molecular weight is 330 g/mol. The number of esters is 1. The fourth-order valence-electron chi connectivity index (χ4n) is 0.651. The van der Waals surface area contributed by atoms with Crippen LogP contribution in [0.5, 0.6) is 0 Å². The van der Waals surface area contributed by atoms with E-state index in [4.69, 9.17) is 0 Å². The van der Waals surface area contributed by atoms with Gasteiger partial charge in [0.2, 0.25) is 11.5 Å². The molecule has 0 saturated carbocycles. The normalized spacial score (nSPS) is 14.0. The van der Waals surface area contributed by atoms with E-state index >= 15 is 0 Å². The van der Waals surface area contributed by atoms with Crippen LogP contribution in [0.4, 0.5) is 0 Å². The Labute approximate surface area is 107 Å². The molecular weight excluding hydrogens is 318 g/mol. The van der Waals surface area contributed by atoms with Crippen LogP contribution in [0.25, 0.3) is 0 Å². The van der Waals surface area contributed by atoms with Crippen LogP contribution in [0.3, 0.4) is 0 Å². The van der Waals surface area contributed by atoms with E-state index in [2.05, 4.69) is 30.7 Å². The lowest BCUT2D eigenvalue weighted by Crippen LogP contribution is -2.32. The van der Waals surface area contributed by atoms with E-state index in [-0.39, 0.29) is 5.33 Å². The van der Waals surface area contributed by atoms with Crippen LogP contribution in [0, 0.1) is 0 Å². The van der Waals surface area contributed by atoms with E-state index in [1.54, 1.807) is 0 Å². The maximum atomic E-state index is 11.5. The third-order valence-electron chi connectivity index (χ3n) is 1.64. The van der Waals surface area contributed by atoms with Gasteiger partial charge in [0.15, 0.2) is 15.3 Å². The lowest BCUT2D eigenvalue weighted by atomic mass is 10.3. The molecule has 9 heteroatoms. The molecule has 1 unspecified atom stereocenters. The predicted octanol–water partition coefficient (Wildman–Crippen LogP) is -0.113. The lowest BCUT2D eigenvalue weighted by molar-refractivity contribution is -0.137. The van der Waals surface area contributed by atoms with Crippen LogP contribution in [0.15, 0.2) is 5.16 Å². The van der Waals surface area contributed by atoms with Crippen molar-refractivity contribution in [2.75, 3.05) is 18.7 Å². The number of hydrogen-bond acceptors (Lipinski definition) is 7. The minimum absolute atomic E-state index is 0.155. The van der Waals surface area contributed by atoms with Gasteiger partial charge in [-0.05, 0) is 6.92 Å². The molecule has 1 atom stereocenters. The number of alkyl halides is 1. The van der Waals surface area contributed by atoms with Gasteiger partial charge in [0.1, 0.15) is 7.11 Å². The second-order valence-electron chi connectivity index (χ2n) is 2.98. The maximum Gasteiger partial charge on any atom is 0.365 e. The van der Waals surface area contributed by atoms with Gasteiger partial charge in [0, 0.05) is 6.26 Å². The zero-order valence-electron chi connectivity index (χ0n) is 9.47. The summed E-state index contributed by atoms with van der Waals surface area (Å²) in [5, 5.41) is 3.04. The van der Waals surface area contributed by atoms with Gasteiger partial charge in [0.05, 0.1) is 5.33 Å². The lowest BCUT2D eigenvalue weighted by Gasteiger charge is -2.11. The van der Waals surface area contributed by atoms with Crippen molar-refractivity contribution in [2.24, 2.45) is 5.16 Å². The van der Waals surface area contributed by atoms with Crippen molar-refractivity contribution in [2.45, 2.75) is 12.4 Å². The molecule has 0 rings (SSSR count). The minimum atomic E-state index is -3.54. The largest absolute Gasteiger partial charge is 0.441 e. The Kier molecular flexibility index (Phi) is 6.32. The standard InChI is InChI=1S/C8H12BrNO6S/c1-5(17(3,13)14)16-8(12)7(10-15-2)6(11)4-9/h5H,4H2,1-3H3. The minimum Gasteiger partial charge on any atom is -0.441 e. The number of sulfone groups is 1. The topological polar surface area (TPSA) is 99.1 Å². The van der Waals surface area contributed by atoms with Crippen molar-refractivity contribution in [1.82, 2.24) is 0 Å². The van der Waals surface area contributed by atoms with Crippen LogP contribution >= 0.6 is 15.9 Å². The monoisotopic (exact) mass is 329 g/mol. The van der Waals surface area contributed by atoms with Crippen LogP contribution in [-0.4, -0.2) is 50.0 Å². The van der Waals surface area contributed by atoms with E-state index in [0.717, 1.165) is 13.4 Å². The molecule has 0 heterocycles. The van der Waals surface area contributed by atoms with E-state index in [9.17, 15) is 18.0 Å². The van der Waals surface area contributed by atoms with Crippen LogP contribution in [0.2, 0.25) is 0 Å². The summed E-state index contributed by atoms with van der Waals surface area (Å²) in [5.41, 5.74) is -1.96. The summed E-state index contributed by atoms with van der Waals surface area (Å²) in [7, 11) is -2.39.